The summed E-state index contributed by atoms with van der Waals surface area (Å²) in [5.41, 5.74) is 0.528. The zero-order chi connectivity index (χ0) is 18.5. The third-order valence-corrected chi connectivity index (χ3v) is 6.08. The Morgan fingerprint density at radius 1 is 1.00 bits per heavy atom. The van der Waals surface area contributed by atoms with Crippen LogP contribution < -0.4 is 10.6 Å². The molecule has 0 saturated heterocycles. The normalized spacial score (nSPS) is 10.6. The number of hydrogen-bond acceptors (Lipinski definition) is 5. The Balaban J connectivity index is 1.53. The summed E-state index contributed by atoms with van der Waals surface area (Å²) in [5.74, 6) is 0.648. The maximum absolute atomic E-state index is 12.0. The van der Waals surface area contributed by atoms with E-state index in [1.807, 2.05) is 24.3 Å². The van der Waals surface area contributed by atoms with E-state index in [1.165, 1.54) is 11.3 Å². The van der Waals surface area contributed by atoms with Gasteiger partial charge in [-0.25, -0.2) is 4.79 Å². The van der Waals surface area contributed by atoms with Crippen LogP contribution in [0, 0.1) is 0 Å². The Hall–Kier alpha value is -1.51. The zero-order valence-corrected chi connectivity index (χ0v) is 16.9. The molecule has 0 spiro atoms. The molecule has 1 heterocycles. The van der Waals surface area contributed by atoms with E-state index >= 15 is 0 Å². The average molecular weight is 446 g/mol. The molecular weight excluding hydrogens is 435 g/mol. The van der Waals surface area contributed by atoms with Crippen LogP contribution in [0.25, 0.3) is 0 Å². The number of carbonyl (C=O) groups is 1. The maximum atomic E-state index is 12.0. The maximum Gasteiger partial charge on any atom is 0.325 e. The molecule has 3 rings (SSSR count). The van der Waals surface area contributed by atoms with Gasteiger partial charge < -0.3 is 5.32 Å². The fraction of sp³-hybridized carbons (Fsp3) is 0.0625. The molecule has 2 amide bonds. The molecule has 26 heavy (non-hydrogen) atoms. The number of nitrogens with one attached hydrogen (secondary N) is 2. The number of halogens is 3. The van der Waals surface area contributed by atoms with Crippen LogP contribution >= 0.6 is 57.9 Å². The fourth-order valence-electron chi connectivity index (χ4n) is 1.87. The molecule has 0 bridgehead atoms. The van der Waals surface area contributed by atoms with Crippen molar-refractivity contribution in [3.63, 3.8) is 0 Å². The van der Waals surface area contributed by atoms with Gasteiger partial charge in [-0.3, -0.25) is 5.32 Å². The molecule has 2 aromatic carbocycles. The monoisotopic (exact) mass is 444 g/mol. The van der Waals surface area contributed by atoms with E-state index in [4.69, 9.17) is 34.8 Å². The van der Waals surface area contributed by atoms with Gasteiger partial charge in [-0.1, -0.05) is 46.1 Å². The Kier molecular flexibility index (Phi) is 6.61. The van der Waals surface area contributed by atoms with Crippen molar-refractivity contribution in [2.75, 3.05) is 10.6 Å². The van der Waals surface area contributed by atoms with Crippen molar-refractivity contribution in [3.8, 4) is 0 Å². The smallest absolute Gasteiger partial charge is 0.308 e. The summed E-state index contributed by atoms with van der Waals surface area (Å²) in [4.78, 5) is 13.1. The standard InChI is InChI=1S/C16H11Cl3N4OS2/c17-9-1-4-11(5-2-9)25-8-14-22-23-16(26-14)21-15(24)20-10-3-6-12(18)13(19)7-10/h1-7H,8H2,(H2,20,21,23,24). The lowest BCUT2D eigenvalue weighted by Gasteiger charge is -2.06. The molecule has 3 aromatic rings. The SMILES string of the molecule is O=C(Nc1ccc(Cl)c(Cl)c1)Nc1nnc(CSc2ccc(Cl)cc2)s1. The van der Waals surface area contributed by atoms with E-state index < -0.39 is 6.03 Å². The molecule has 5 nitrogen and oxygen atoms in total. The van der Waals surface area contributed by atoms with Gasteiger partial charge in [0.2, 0.25) is 5.13 Å². The third-order valence-electron chi connectivity index (χ3n) is 3.04. The van der Waals surface area contributed by atoms with Crippen LogP contribution in [0.3, 0.4) is 0 Å². The van der Waals surface area contributed by atoms with Gasteiger partial charge in [0.15, 0.2) is 0 Å². The van der Waals surface area contributed by atoms with Crippen LogP contribution in [0.15, 0.2) is 47.4 Å². The predicted molar refractivity (Wildman–Crippen MR) is 110 cm³/mol. The summed E-state index contributed by atoms with van der Waals surface area (Å²) in [5, 5.41) is 16.0. The van der Waals surface area contributed by atoms with Crippen LogP contribution in [0.5, 0.6) is 0 Å². The quantitative estimate of drug-likeness (QED) is 0.444. The van der Waals surface area contributed by atoms with Crippen molar-refractivity contribution in [2.24, 2.45) is 0 Å². The topological polar surface area (TPSA) is 66.9 Å². The van der Waals surface area contributed by atoms with E-state index in [2.05, 4.69) is 20.8 Å². The minimum Gasteiger partial charge on any atom is -0.308 e. The van der Waals surface area contributed by atoms with Gasteiger partial charge in [-0.2, -0.15) is 0 Å². The summed E-state index contributed by atoms with van der Waals surface area (Å²) in [6.45, 7) is 0. The molecule has 0 saturated carbocycles. The van der Waals surface area contributed by atoms with Crippen LogP contribution in [-0.4, -0.2) is 16.2 Å². The lowest BCUT2D eigenvalue weighted by molar-refractivity contribution is 0.262. The first kappa shape index (κ1) is 19.3. The number of hydrogen-bond donors (Lipinski definition) is 2. The first-order chi connectivity index (χ1) is 12.5. The second-order valence-corrected chi connectivity index (χ2v) is 8.31. The van der Waals surface area contributed by atoms with Crippen molar-refractivity contribution in [1.29, 1.82) is 0 Å². The molecular formula is C16H11Cl3N4OS2. The molecule has 134 valence electrons. The number of rotatable bonds is 5. The molecule has 0 aliphatic heterocycles. The minimum absolute atomic E-state index is 0.363. The molecule has 2 N–H and O–H groups in total. The highest BCUT2D eigenvalue weighted by Gasteiger charge is 2.09. The summed E-state index contributed by atoms with van der Waals surface area (Å²) in [7, 11) is 0. The second-order valence-electron chi connectivity index (χ2n) is 4.95. The lowest BCUT2D eigenvalue weighted by atomic mass is 10.3. The lowest BCUT2D eigenvalue weighted by Crippen LogP contribution is -2.19. The van der Waals surface area contributed by atoms with Gasteiger partial charge in [0.05, 0.1) is 15.8 Å². The fourth-order valence-corrected chi connectivity index (χ4v) is 3.91. The number of benzene rings is 2. The van der Waals surface area contributed by atoms with Crippen molar-refractivity contribution in [2.45, 2.75) is 10.6 Å². The summed E-state index contributed by atoms with van der Waals surface area (Å²) < 4.78 is 0. The number of amides is 2. The second kappa shape index (κ2) is 8.92. The van der Waals surface area contributed by atoms with Gasteiger partial charge in [0, 0.05) is 15.6 Å². The van der Waals surface area contributed by atoms with Crippen LogP contribution in [-0.2, 0) is 5.75 Å². The van der Waals surface area contributed by atoms with Gasteiger partial charge in [-0.05, 0) is 42.5 Å². The third kappa shape index (κ3) is 5.49. The predicted octanol–water partition coefficient (Wildman–Crippen LogP) is 6.43. The number of urea groups is 1. The van der Waals surface area contributed by atoms with Crippen LogP contribution in [0.4, 0.5) is 15.6 Å². The molecule has 0 unspecified atom stereocenters. The first-order valence-electron chi connectivity index (χ1n) is 7.23. The Labute approximate surface area is 173 Å². The molecule has 0 aliphatic carbocycles. The molecule has 0 fully saturated rings. The van der Waals surface area contributed by atoms with Gasteiger partial charge in [0.1, 0.15) is 5.01 Å². The summed E-state index contributed by atoms with van der Waals surface area (Å²) in [6.07, 6.45) is 0. The highest BCUT2D eigenvalue weighted by atomic mass is 35.5. The Bertz CT molecular complexity index is 918. The van der Waals surface area contributed by atoms with Crippen LogP contribution in [0.2, 0.25) is 15.1 Å². The number of aromatic nitrogens is 2. The minimum atomic E-state index is -0.434. The first-order valence-corrected chi connectivity index (χ1v) is 10.2. The number of anilines is 2. The molecule has 1 aromatic heterocycles. The highest BCUT2D eigenvalue weighted by molar-refractivity contribution is 7.98. The molecule has 10 heteroatoms. The van der Waals surface area contributed by atoms with E-state index in [-0.39, 0.29) is 0 Å². The van der Waals surface area contributed by atoms with E-state index in [0.717, 1.165) is 9.90 Å². The van der Waals surface area contributed by atoms with E-state index in [9.17, 15) is 4.79 Å². The Morgan fingerprint density at radius 2 is 1.77 bits per heavy atom. The molecule has 0 atom stereocenters. The van der Waals surface area contributed by atoms with Gasteiger partial charge in [-0.15, -0.1) is 22.0 Å². The van der Waals surface area contributed by atoms with E-state index in [0.29, 0.717) is 31.6 Å². The van der Waals surface area contributed by atoms with Crippen molar-refractivity contribution < 1.29 is 4.79 Å². The largest absolute Gasteiger partial charge is 0.325 e. The zero-order valence-electron chi connectivity index (χ0n) is 13.0. The number of thioether (sulfide) groups is 1. The highest BCUT2D eigenvalue weighted by Crippen LogP contribution is 2.27. The number of carbonyl (C=O) groups excluding carboxylic acids is 1. The number of nitrogens with zero attached hydrogens (tertiary/aromatic N) is 2. The van der Waals surface area contributed by atoms with Gasteiger partial charge in [0.25, 0.3) is 0 Å². The van der Waals surface area contributed by atoms with E-state index in [1.54, 1.807) is 30.0 Å². The van der Waals surface area contributed by atoms with Crippen LogP contribution in [0.1, 0.15) is 5.01 Å². The Morgan fingerprint density at radius 3 is 2.50 bits per heavy atom. The van der Waals surface area contributed by atoms with Crippen molar-refractivity contribution >= 4 is 74.8 Å². The molecule has 0 aliphatic rings. The van der Waals surface area contributed by atoms with Crippen molar-refractivity contribution in [1.82, 2.24) is 10.2 Å². The van der Waals surface area contributed by atoms with Gasteiger partial charge >= 0.3 is 6.03 Å². The summed E-state index contributed by atoms with van der Waals surface area (Å²) >= 11 is 20.6. The molecule has 0 radical (unpaired) electrons. The average Bonchev–Trinajstić information content (AvgIpc) is 3.05. The summed E-state index contributed by atoms with van der Waals surface area (Å²) in [6, 6.07) is 12.0. The van der Waals surface area contributed by atoms with Crippen molar-refractivity contribution in [3.05, 3.63) is 62.5 Å².